The lowest BCUT2D eigenvalue weighted by Crippen LogP contribution is -2.15. The highest BCUT2D eigenvalue weighted by atomic mass is 35.5. The van der Waals surface area contributed by atoms with Crippen LogP contribution in [-0.4, -0.2) is 47.5 Å². The quantitative estimate of drug-likeness (QED) is 0.445. The van der Waals surface area contributed by atoms with Gasteiger partial charge in [0.25, 0.3) is 0 Å². The van der Waals surface area contributed by atoms with E-state index in [1.54, 1.807) is 25.4 Å². The third kappa shape index (κ3) is 3.91. The van der Waals surface area contributed by atoms with E-state index in [0.29, 0.717) is 33.3 Å². The van der Waals surface area contributed by atoms with Crippen LogP contribution in [-0.2, 0) is 22.4 Å². The molecule has 0 fully saturated rings. The van der Waals surface area contributed by atoms with Gasteiger partial charge in [0.1, 0.15) is 5.78 Å². The molecule has 0 aliphatic rings. The fourth-order valence-electron chi connectivity index (χ4n) is 3.18. The number of hydrogen-bond donors (Lipinski definition) is 0. The molecule has 4 aromatic rings. The van der Waals surface area contributed by atoms with Crippen molar-refractivity contribution in [3.8, 4) is 5.82 Å². The SMILES string of the molecule is CO[C@@H](C)c1c(CC(=O)Cc2cnc(-n3nccn3)c(Cl)c2)cnc2cc(F)nn12. The Morgan fingerprint density at radius 2 is 1.97 bits per heavy atom. The number of ether oxygens (including phenoxy) is 1. The first-order valence-electron chi connectivity index (χ1n) is 9.05. The molecular weight excluding hydrogens is 413 g/mol. The molecule has 154 valence electrons. The number of pyridine rings is 1. The molecular formula is C19H17ClFN7O2. The average molecular weight is 430 g/mol. The number of Topliss-reactive ketones (excluding diaryl/α,β-unsaturated/α-hetero) is 1. The highest BCUT2D eigenvalue weighted by Gasteiger charge is 2.20. The number of methoxy groups -OCH3 is 1. The molecule has 4 aromatic heterocycles. The van der Waals surface area contributed by atoms with Crippen LogP contribution in [0.15, 0.2) is 36.9 Å². The Labute approximate surface area is 175 Å². The van der Waals surface area contributed by atoms with E-state index in [0.717, 1.165) is 0 Å². The van der Waals surface area contributed by atoms with Gasteiger partial charge < -0.3 is 4.74 Å². The fraction of sp³-hybridized carbons (Fsp3) is 0.263. The van der Waals surface area contributed by atoms with E-state index in [-0.39, 0.29) is 18.6 Å². The molecule has 0 aromatic carbocycles. The lowest BCUT2D eigenvalue weighted by molar-refractivity contribution is -0.117. The maximum absolute atomic E-state index is 13.6. The Bertz CT molecular complexity index is 1210. The molecule has 30 heavy (non-hydrogen) atoms. The average Bonchev–Trinajstić information content (AvgIpc) is 3.36. The van der Waals surface area contributed by atoms with Gasteiger partial charge in [-0.05, 0) is 18.6 Å². The summed E-state index contributed by atoms with van der Waals surface area (Å²) in [6, 6.07) is 2.88. The smallest absolute Gasteiger partial charge is 0.235 e. The van der Waals surface area contributed by atoms with E-state index < -0.39 is 12.1 Å². The molecule has 4 heterocycles. The Kier molecular flexibility index (Phi) is 5.51. The zero-order valence-electron chi connectivity index (χ0n) is 16.2. The van der Waals surface area contributed by atoms with Crippen LogP contribution >= 0.6 is 11.6 Å². The predicted molar refractivity (Wildman–Crippen MR) is 105 cm³/mol. The number of fused-ring (bicyclic) bond motifs is 1. The van der Waals surface area contributed by atoms with E-state index in [4.69, 9.17) is 16.3 Å². The summed E-state index contributed by atoms with van der Waals surface area (Å²) >= 11 is 6.27. The summed E-state index contributed by atoms with van der Waals surface area (Å²) in [5, 5.41) is 12.2. The second kappa shape index (κ2) is 8.25. The molecule has 0 bridgehead atoms. The first-order valence-corrected chi connectivity index (χ1v) is 9.42. The van der Waals surface area contributed by atoms with Gasteiger partial charge in [-0.1, -0.05) is 11.6 Å². The fourth-order valence-corrected chi connectivity index (χ4v) is 3.45. The maximum atomic E-state index is 13.6. The van der Waals surface area contributed by atoms with Crippen molar-refractivity contribution in [3.63, 3.8) is 0 Å². The minimum atomic E-state index is -0.650. The third-order valence-electron chi connectivity index (χ3n) is 4.58. The summed E-state index contributed by atoms with van der Waals surface area (Å²) < 4.78 is 20.4. The predicted octanol–water partition coefficient (Wildman–Crippen LogP) is 2.56. The summed E-state index contributed by atoms with van der Waals surface area (Å²) in [6.07, 6.45) is 5.94. The maximum Gasteiger partial charge on any atom is 0.235 e. The highest BCUT2D eigenvalue weighted by Crippen LogP contribution is 2.23. The topological polar surface area (TPSA) is 100 Å². The number of aromatic nitrogens is 7. The largest absolute Gasteiger partial charge is 0.375 e. The zero-order chi connectivity index (χ0) is 21.3. The normalized spacial score (nSPS) is 12.4. The molecule has 1 atom stereocenters. The van der Waals surface area contributed by atoms with E-state index in [2.05, 4.69) is 25.3 Å². The zero-order valence-corrected chi connectivity index (χ0v) is 16.9. The van der Waals surface area contributed by atoms with Crippen LogP contribution in [0.3, 0.4) is 0 Å². The molecule has 0 spiro atoms. The van der Waals surface area contributed by atoms with Gasteiger partial charge >= 0.3 is 0 Å². The molecule has 4 rings (SSSR count). The number of halogens is 2. The van der Waals surface area contributed by atoms with Crippen LogP contribution in [0.25, 0.3) is 11.5 Å². The van der Waals surface area contributed by atoms with E-state index in [9.17, 15) is 9.18 Å². The van der Waals surface area contributed by atoms with Crippen molar-refractivity contribution in [3.05, 3.63) is 64.7 Å². The van der Waals surface area contributed by atoms with E-state index in [1.165, 1.54) is 34.9 Å². The van der Waals surface area contributed by atoms with Crippen molar-refractivity contribution in [1.29, 1.82) is 0 Å². The van der Waals surface area contributed by atoms with Crippen molar-refractivity contribution < 1.29 is 13.9 Å². The highest BCUT2D eigenvalue weighted by molar-refractivity contribution is 6.32. The molecule has 0 aliphatic heterocycles. The first kappa shape index (κ1) is 20.0. The van der Waals surface area contributed by atoms with Gasteiger partial charge in [-0.25, -0.2) is 14.5 Å². The molecule has 0 unspecified atom stereocenters. The second-order valence-electron chi connectivity index (χ2n) is 6.64. The van der Waals surface area contributed by atoms with Crippen molar-refractivity contribution >= 4 is 23.0 Å². The number of hydrogen-bond acceptors (Lipinski definition) is 7. The van der Waals surface area contributed by atoms with Crippen molar-refractivity contribution in [1.82, 2.24) is 34.6 Å². The van der Waals surface area contributed by atoms with Crippen LogP contribution in [0.4, 0.5) is 4.39 Å². The van der Waals surface area contributed by atoms with Gasteiger partial charge in [0.15, 0.2) is 11.5 Å². The van der Waals surface area contributed by atoms with Gasteiger partial charge in [-0.15, -0.1) is 9.90 Å². The van der Waals surface area contributed by atoms with Crippen molar-refractivity contribution in [2.45, 2.75) is 25.9 Å². The minimum Gasteiger partial charge on any atom is -0.375 e. The van der Waals surface area contributed by atoms with Crippen molar-refractivity contribution in [2.24, 2.45) is 0 Å². The molecule has 11 heteroatoms. The summed E-state index contributed by atoms with van der Waals surface area (Å²) in [7, 11) is 1.53. The summed E-state index contributed by atoms with van der Waals surface area (Å²) in [6.45, 7) is 1.80. The van der Waals surface area contributed by atoms with E-state index >= 15 is 0 Å². The Morgan fingerprint density at radius 3 is 2.67 bits per heavy atom. The lowest BCUT2D eigenvalue weighted by Gasteiger charge is -2.16. The van der Waals surface area contributed by atoms with Crippen LogP contribution in [0.1, 0.15) is 29.8 Å². The Morgan fingerprint density at radius 1 is 1.20 bits per heavy atom. The molecule has 0 saturated carbocycles. The van der Waals surface area contributed by atoms with Gasteiger partial charge in [0, 0.05) is 44.0 Å². The number of nitrogens with zero attached hydrogens (tertiary/aromatic N) is 7. The van der Waals surface area contributed by atoms with Crippen LogP contribution in [0.5, 0.6) is 0 Å². The van der Waals surface area contributed by atoms with Crippen molar-refractivity contribution in [2.75, 3.05) is 7.11 Å². The lowest BCUT2D eigenvalue weighted by atomic mass is 10.0. The number of rotatable bonds is 7. The molecule has 0 radical (unpaired) electrons. The van der Waals surface area contributed by atoms with Crippen LogP contribution in [0.2, 0.25) is 5.02 Å². The van der Waals surface area contributed by atoms with Crippen LogP contribution < -0.4 is 0 Å². The number of carbonyl (C=O) groups excluding carboxylic acids is 1. The van der Waals surface area contributed by atoms with Gasteiger partial charge in [-0.3, -0.25) is 4.79 Å². The van der Waals surface area contributed by atoms with Gasteiger partial charge in [-0.2, -0.15) is 14.6 Å². The summed E-state index contributed by atoms with van der Waals surface area (Å²) in [4.78, 5) is 22.5. The molecule has 9 nitrogen and oxygen atoms in total. The van der Waals surface area contributed by atoms with Crippen LogP contribution in [0, 0.1) is 5.95 Å². The molecule has 0 N–H and O–H groups in total. The molecule has 0 amide bonds. The van der Waals surface area contributed by atoms with Gasteiger partial charge in [0.05, 0.1) is 29.2 Å². The Balaban J connectivity index is 1.57. The Hall–Kier alpha value is -3.24. The first-order chi connectivity index (χ1) is 14.5. The monoisotopic (exact) mass is 429 g/mol. The number of carbonyl (C=O) groups is 1. The van der Waals surface area contributed by atoms with E-state index in [1.807, 2.05) is 0 Å². The standard InChI is InChI=1S/C19H17ClFN7O2/c1-11(30-2)18-13(10-22-17-8-16(21)26-27(17)18)7-14(29)5-12-6-15(20)19(23-9-12)28-24-3-4-25-28/h3-4,6,8-11H,5,7H2,1-2H3/t11-/m0/s1. The number of ketones is 1. The molecule has 0 saturated heterocycles. The summed E-state index contributed by atoms with van der Waals surface area (Å²) in [5.41, 5.74) is 2.19. The molecule has 0 aliphatic carbocycles. The third-order valence-corrected chi connectivity index (χ3v) is 4.86. The minimum absolute atomic E-state index is 0.0769. The second-order valence-corrected chi connectivity index (χ2v) is 7.05. The van der Waals surface area contributed by atoms with Gasteiger partial charge in [0.2, 0.25) is 5.95 Å². The summed E-state index contributed by atoms with van der Waals surface area (Å²) in [5.74, 6) is -0.358.